The molecule has 2 heterocycles. The van der Waals surface area contributed by atoms with Gasteiger partial charge < -0.3 is 15.8 Å². The van der Waals surface area contributed by atoms with Crippen molar-refractivity contribution in [2.75, 3.05) is 5.32 Å². The molecule has 1 aromatic carbocycles. The summed E-state index contributed by atoms with van der Waals surface area (Å²) in [7, 11) is 0. The SMILES string of the molecule is CCn1cc(NC(=O)c2ccn(COc3ccc(C)cc3C)n2)c(C(N)=O)n1. The molecule has 0 atom stereocenters. The maximum Gasteiger partial charge on any atom is 0.276 e. The lowest BCUT2D eigenvalue weighted by Gasteiger charge is -2.09. The van der Waals surface area contributed by atoms with Crippen molar-refractivity contribution in [3.05, 3.63) is 59.2 Å². The Kier molecular flexibility index (Phi) is 5.44. The molecule has 146 valence electrons. The van der Waals surface area contributed by atoms with Crippen molar-refractivity contribution in [1.82, 2.24) is 19.6 Å². The number of hydrogen-bond donors (Lipinski definition) is 2. The van der Waals surface area contributed by atoms with Gasteiger partial charge in [0.15, 0.2) is 18.1 Å². The third-order valence-electron chi connectivity index (χ3n) is 4.12. The molecule has 0 aliphatic heterocycles. The highest BCUT2D eigenvalue weighted by molar-refractivity contribution is 6.06. The summed E-state index contributed by atoms with van der Waals surface area (Å²) in [6.45, 7) is 6.55. The first kappa shape index (κ1) is 19.2. The first-order valence-corrected chi connectivity index (χ1v) is 8.79. The van der Waals surface area contributed by atoms with Gasteiger partial charge in [-0.1, -0.05) is 17.7 Å². The number of rotatable bonds is 7. The lowest BCUT2D eigenvalue weighted by Crippen LogP contribution is -2.18. The van der Waals surface area contributed by atoms with Crippen LogP contribution < -0.4 is 15.8 Å². The van der Waals surface area contributed by atoms with Crippen LogP contribution in [0, 0.1) is 13.8 Å². The Balaban J connectivity index is 1.67. The normalized spacial score (nSPS) is 10.7. The van der Waals surface area contributed by atoms with Crippen molar-refractivity contribution < 1.29 is 14.3 Å². The number of aromatic nitrogens is 4. The number of ether oxygens (including phenoxy) is 1. The Morgan fingerprint density at radius 3 is 2.64 bits per heavy atom. The Hall–Kier alpha value is -3.62. The Morgan fingerprint density at radius 1 is 1.18 bits per heavy atom. The molecule has 0 fully saturated rings. The first-order chi connectivity index (χ1) is 13.4. The van der Waals surface area contributed by atoms with E-state index in [4.69, 9.17) is 10.5 Å². The Morgan fingerprint density at radius 2 is 1.96 bits per heavy atom. The third-order valence-corrected chi connectivity index (χ3v) is 4.12. The van der Waals surface area contributed by atoms with E-state index in [0.29, 0.717) is 6.54 Å². The predicted octanol–water partition coefficient (Wildman–Crippen LogP) is 2.10. The van der Waals surface area contributed by atoms with E-state index in [9.17, 15) is 9.59 Å². The number of amides is 2. The molecule has 0 radical (unpaired) electrons. The van der Waals surface area contributed by atoms with Gasteiger partial charge in [-0.3, -0.25) is 14.3 Å². The van der Waals surface area contributed by atoms with Gasteiger partial charge in [-0.25, -0.2) is 4.68 Å². The van der Waals surface area contributed by atoms with Crippen LogP contribution in [0.2, 0.25) is 0 Å². The number of nitrogens with one attached hydrogen (secondary N) is 1. The predicted molar refractivity (Wildman–Crippen MR) is 103 cm³/mol. The van der Waals surface area contributed by atoms with E-state index in [0.717, 1.165) is 16.9 Å². The number of nitrogens with two attached hydrogens (primary N) is 1. The molecule has 9 heteroatoms. The number of primary amides is 1. The molecule has 0 saturated heterocycles. The molecule has 0 unspecified atom stereocenters. The lowest BCUT2D eigenvalue weighted by molar-refractivity contribution is 0.0995. The highest BCUT2D eigenvalue weighted by Gasteiger charge is 2.18. The fourth-order valence-corrected chi connectivity index (χ4v) is 2.69. The van der Waals surface area contributed by atoms with E-state index in [1.807, 2.05) is 39.0 Å². The van der Waals surface area contributed by atoms with Crippen LogP contribution in [-0.4, -0.2) is 31.4 Å². The summed E-state index contributed by atoms with van der Waals surface area (Å²) in [5.41, 5.74) is 7.94. The number of aryl methyl sites for hydroxylation is 3. The van der Waals surface area contributed by atoms with Crippen LogP contribution in [-0.2, 0) is 13.3 Å². The molecular weight excluding hydrogens is 360 g/mol. The smallest absolute Gasteiger partial charge is 0.276 e. The fraction of sp³-hybridized carbons (Fsp3) is 0.263. The summed E-state index contributed by atoms with van der Waals surface area (Å²) in [5, 5.41) is 10.9. The first-order valence-electron chi connectivity index (χ1n) is 8.79. The molecule has 0 aliphatic carbocycles. The molecule has 3 rings (SSSR count). The molecule has 3 aromatic rings. The van der Waals surface area contributed by atoms with Crippen molar-refractivity contribution in [2.45, 2.75) is 34.0 Å². The van der Waals surface area contributed by atoms with Crippen molar-refractivity contribution >= 4 is 17.5 Å². The van der Waals surface area contributed by atoms with Gasteiger partial charge in [0.1, 0.15) is 5.75 Å². The third kappa shape index (κ3) is 4.20. The van der Waals surface area contributed by atoms with Gasteiger partial charge in [0.2, 0.25) is 0 Å². The number of carbonyl (C=O) groups is 2. The van der Waals surface area contributed by atoms with Crippen LogP contribution in [0.5, 0.6) is 5.75 Å². The molecule has 0 aliphatic rings. The van der Waals surface area contributed by atoms with Crippen molar-refractivity contribution in [3.8, 4) is 5.75 Å². The van der Waals surface area contributed by atoms with Crippen LogP contribution >= 0.6 is 0 Å². The fourth-order valence-electron chi connectivity index (χ4n) is 2.69. The highest BCUT2D eigenvalue weighted by Crippen LogP contribution is 2.19. The van der Waals surface area contributed by atoms with E-state index in [1.165, 1.54) is 9.36 Å². The molecular formula is C19H22N6O3. The highest BCUT2D eigenvalue weighted by atomic mass is 16.5. The summed E-state index contributed by atoms with van der Waals surface area (Å²) in [5.74, 6) is -0.427. The minimum Gasteiger partial charge on any atom is -0.471 e. The Bertz CT molecular complexity index is 1020. The van der Waals surface area contributed by atoms with Gasteiger partial charge in [-0.05, 0) is 38.5 Å². The summed E-state index contributed by atoms with van der Waals surface area (Å²) < 4.78 is 8.78. The number of carbonyl (C=O) groups excluding carboxylic acids is 2. The minimum absolute atomic E-state index is 0.00723. The van der Waals surface area contributed by atoms with Crippen LogP contribution in [0.15, 0.2) is 36.7 Å². The van der Waals surface area contributed by atoms with Crippen LogP contribution in [0.3, 0.4) is 0 Å². The van der Waals surface area contributed by atoms with Crippen LogP contribution in [0.1, 0.15) is 39.0 Å². The van der Waals surface area contributed by atoms with Crippen molar-refractivity contribution in [2.24, 2.45) is 5.73 Å². The largest absolute Gasteiger partial charge is 0.471 e. The van der Waals surface area contributed by atoms with E-state index in [2.05, 4.69) is 15.5 Å². The zero-order valence-electron chi connectivity index (χ0n) is 16.0. The van der Waals surface area contributed by atoms with Gasteiger partial charge in [0, 0.05) is 18.9 Å². The van der Waals surface area contributed by atoms with Gasteiger partial charge >= 0.3 is 0 Å². The van der Waals surface area contributed by atoms with E-state index in [1.54, 1.807) is 18.5 Å². The summed E-state index contributed by atoms with van der Waals surface area (Å²) in [4.78, 5) is 23.9. The number of nitrogens with zero attached hydrogens (tertiary/aromatic N) is 4. The molecule has 0 bridgehead atoms. The zero-order chi connectivity index (χ0) is 20.3. The second-order valence-electron chi connectivity index (χ2n) is 6.35. The molecule has 9 nitrogen and oxygen atoms in total. The average molecular weight is 382 g/mol. The molecule has 2 aromatic heterocycles. The van der Waals surface area contributed by atoms with Crippen LogP contribution in [0.4, 0.5) is 5.69 Å². The van der Waals surface area contributed by atoms with Crippen molar-refractivity contribution in [1.29, 1.82) is 0 Å². The summed E-state index contributed by atoms with van der Waals surface area (Å²) in [6.07, 6.45) is 3.20. The zero-order valence-corrected chi connectivity index (χ0v) is 16.0. The van der Waals surface area contributed by atoms with E-state index < -0.39 is 11.8 Å². The van der Waals surface area contributed by atoms with E-state index in [-0.39, 0.29) is 23.8 Å². The minimum atomic E-state index is -0.713. The van der Waals surface area contributed by atoms with Crippen LogP contribution in [0.25, 0.3) is 0 Å². The maximum atomic E-state index is 12.4. The number of anilines is 1. The number of hydrogen-bond acceptors (Lipinski definition) is 5. The summed E-state index contributed by atoms with van der Waals surface area (Å²) in [6, 6.07) is 7.47. The van der Waals surface area contributed by atoms with Gasteiger partial charge in [0.05, 0.1) is 5.69 Å². The number of benzene rings is 1. The molecule has 0 spiro atoms. The molecule has 3 N–H and O–H groups in total. The standard InChI is InChI=1S/C19H22N6O3/c1-4-24-10-15(17(23-24)18(20)26)21-19(27)14-7-8-25(22-14)11-28-16-6-5-12(2)9-13(16)3/h5-10H,4,11H2,1-3H3,(H2,20,26)(H,21,27). The molecule has 28 heavy (non-hydrogen) atoms. The maximum absolute atomic E-state index is 12.4. The lowest BCUT2D eigenvalue weighted by atomic mass is 10.1. The topological polar surface area (TPSA) is 117 Å². The molecule has 0 saturated carbocycles. The van der Waals surface area contributed by atoms with Gasteiger partial charge in [-0.15, -0.1) is 0 Å². The van der Waals surface area contributed by atoms with Crippen molar-refractivity contribution in [3.63, 3.8) is 0 Å². The van der Waals surface area contributed by atoms with Gasteiger partial charge in [-0.2, -0.15) is 10.2 Å². The second-order valence-corrected chi connectivity index (χ2v) is 6.35. The average Bonchev–Trinajstić information content (AvgIpc) is 3.28. The summed E-state index contributed by atoms with van der Waals surface area (Å²) >= 11 is 0. The Labute approximate surface area is 162 Å². The van der Waals surface area contributed by atoms with Gasteiger partial charge in [0.25, 0.3) is 11.8 Å². The van der Waals surface area contributed by atoms with E-state index >= 15 is 0 Å². The monoisotopic (exact) mass is 382 g/mol. The quantitative estimate of drug-likeness (QED) is 0.649. The second kappa shape index (κ2) is 7.95. The molecule has 2 amide bonds.